The summed E-state index contributed by atoms with van der Waals surface area (Å²) in [5.41, 5.74) is 0.610. The van der Waals surface area contributed by atoms with Crippen molar-refractivity contribution >= 4 is 5.97 Å². The van der Waals surface area contributed by atoms with E-state index < -0.39 is 11.4 Å². The first-order valence-electron chi connectivity index (χ1n) is 7.68. The molecule has 0 amide bonds. The molecule has 0 saturated carbocycles. The zero-order valence-electron chi connectivity index (χ0n) is 13.0. The highest BCUT2D eigenvalue weighted by molar-refractivity contribution is 5.75. The quantitative estimate of drug-likeness (QED) is 0.874. The Kier molecular flexibility index (Phi) is 5.23. The summed E-state index contributed by atoms with van der Waals surface area (Å²) in [6.45, 7) is 4.46. The molecule has 1 aliphatic rings. The summed E-state index contributed by atoms with van der Waals surface area (Å²) in [5, 5.41) is 9.64. The van der Waals surface area contributed by atoms with Crippen LogP contribution in [0.3, 0.4) is 0 Å². The van der Waals surface area contributed by atoms with E-state index in [0.717, 1.165) is 44.5 Å². The van der Waals surface area contributed by atoms with Crippen LogP contribution in [-0.4, -0.2) is 36.2 Å². The standard InChI is InChI=1S/C17H25NO3/c1-3-8-17(16(19)20)9-5-10-18(13-17)12-14-6-4-7-15(11-14)21-2/h4,6-7,11H,3,5,8-10,12-13H2,1-2H3,(H,19,20). The van der Waals surface area contributed by atoms with Crippen molar-refractivity contribution in [2.45, 2.75) is 39.2 Å². The van der Waals surface area contributed by atoms with E-state index in [-0.39, 0.29) is 0 Å². The van der Waals surface area contributed by atoms with Crippen molar-refractivity contribution < 1.29 is 14.6 Å². The highest BCUT2D eigenvalue weighted by atomic mass is 16.5. The zero-order valence-corrected chi connectivity index (χ0v) is 13.0. The Morgan fingerprint density at radius 1 is 1.48 bits per heavy atom. The van der Waals surface area contributed by atoms with Crippen LogP contribution in [0.5, 0.6) is 5.75 Å². The summed E-state index contributed by atoms with van der Waals surface area (Å²) in [6, 6.07) is 8.00. The second-order valence-electron chi connectivity index (χ2n) is 6.00. The second kappa shape index (κ2) is 6.94. The van der Waals surface area contributed by atoms with E-state index in [1.165, 1.54) is 5.56 Å². The minimum Gasteiger partial charge on any atom is -0.497 e. The Hall–Kier alpha value is -1.55. The van der Waals surface area contributed by atoms with Gasteiger partial charge in [0.1, 0.15) is 5.75 Å². The Morgan fingerprint density at radius 3 is 2.95 bits per heavy atom. The Labute approximate surface area is 126 Å². The summed E-state index contributed by atoms with van der Waals surface area (Å²) in [5.74, 6) is 0.210. The first-order chi connectivity index (χ1) is 10.1. The molecular formula is C17H25NO3. The fourth-order valence-electron chi connectivity index (χ4n) is 3.36. The van der Waals surface area contributed by atoms with Crippen LogP contribution in [0.25, 0.3) is 0 Å². The molecular weight excluding hydrogens is 266 g/mol. The first-order valence-corrected chi connectivity index (χ1v) is 7.68. The number of carboxylic acid groups (broad SMARTS) is 1. The van der Waals surface area contributed by atoms with E-state index in [9.17, 15) is 9.90 Å². The number of carboxylic acids is 1. The van der Waals surface area contributed by atoms with Crippen LogP contribution in [0.4, 0.5) is 0 Å². The molecule has 1 aliphatic heterocycles. The number of aliphatic carboxylic acids is 1. The highest BCUT2D eigenvalue weighted by Crippen LogP contribution is 2.35. The van der Waals surface area contributed by atoms with Gasteiger partial charge in [0.15, 0.2) is 0 Å². The van der Waals surface area contributed by atoms with Gasteiger partial charge in [-0.3, -0.25) is 9.69 Å². The van der Waals surface area contributed by atoms with Crippen LogP contribution in [0, 0.1) is 5.41 Å². The predicted octanol–water partition coefficient (Wildman–Crippen LogP) is 3.16. The lowest BCUT2D eigenvalue weighted by atomic mass is 9.76. The molecule has 116 valence electrons. The largest absolute Gasteiger partial charge is 0.497 e. The smallest absolute Gasteiger partial charge is 0.310 e. The third kappa shape index (κ3) is 3.76. The number of benzene rings is 1. The number of hydrogen-bond acceptors (Lipinski definition) is 3. The van der Waals surface area contributed by atoms with Gasteiger partial charge in [0.25, 0.3) is 0 Å². The molecule has 1 saturated heterocycles. The molecule has 2 rings (SSSR count). The number of ether oxygens (including phenoxy) is 1. The summed E-state index contributed by atoms with van der Waals surface area (Å²) in [7, 11) is 1.66. The van der Waals surface area contributed by atoms with Gasteiger partial charge in [0.05, 0.1) is 12.5 Å². The molecule has 1 N–H and O–H groups in total. The summed E-state index contributed by atoms with van der Waals surface area (Å²) in [6.07, 6.45) is 3.43. The number of likely N-dealkylation sites (tertiary alicyclic amines) is 1. The number of piperidine rings is 1. The molecule has 0 aromatic heterocycles. The van der Waals surface area contributed by atoms with Gasteiger partial charge in [0.2, 0.25) is 0 Å². The SMILES string of the molecule is CCCC1(C(=O)O)CCCN(Cc2cccc(OC)c2)C1. The average Bonchev–Trinajstić information content (AvgIpc) is 2.48. The van der Waals surface area contributed by atoms with Crippen molar-refractivity contribution in [3.05, 3.63) is 29.8 Å². The van der Waals surface area contributed by atoms with Gasteiger partial charge in [-0.15, -0.1) is 0 Å². The fraction of sp³-hybridized carbons (Fsp3) is 0.588. The molecule has 1 atom stereocenters. The van der Waals surface area contributed by atoms with Gasteiger partial charge < -0.3 is 9.84 Å². The molecule has 21 heavy (non-hydrogen) atoms. The summed E-state index contributed by atoms with van der Waals surface area (Å²) < 4.78 is 5.25. The van der Waals surface area contributed by atoms with Crippen molar-refractivity contribution in [2.24, 2.45) is 5.41 Å². The molecule has 1 unspecified atom stereocenters. The molecule has 0 spiro atoms. The third-order valence-electron chi connectivity index (χ3n) is 4.38. The van der Waals surface area contributed by atoms with Gasteiger partial charge in [0, 0.05) is 13.1 Å². The maximum atomic E-state index is 11.7. The number of methoxy groups -OCH3 is 1. The molecule has 1 aromatic carbocycles. The molecule has 0 bridgehead atoms. The van der Waals surface area contributed by atoms with E-state index in [4.69, 9.17) is 4.74 Å². The predicted molar refractivity (Wildman–Crippen MR) is 82.5 cm³/mol. The lowest BCUT2D eigenvalue weighted by Gasteiger charge is -2.40. The maximum absolute atomic E-state index is 11.7. The van der Waals surface area contributed by atoms with Crippen LogP contribution in [-0.2, 0) is 11.3 Å². The lowest BCUT2D eigenvalue weighted by molar-refractivity contribution is -0.153. The van der Waals surface area contributed by atoms with Crippen LogP contribution in [0.15, 0.2) is 24.3 Å². The van der Waals surface area contributed by atoms with E-state index >= 15 is 0 Å². The molecule has 4 heteroatoms. The fourth-order valence-corrected chi connectivity index (χ4v) is 3.36. The topological polar surface area (TPSA) is 49.8 Å². The van der Waals surface area contributed by atoms with Gasteiger partial charge >= 0.3 is 5.97 Å². The number of hydrogen-bond donors (Lipinski definition) is 1. The van der Waals surface area contributed by atoms with Crippen molar-refractivity contribution in [1.29, 1.82) is 0 Å². The minimum atomic E-state index is -0.639. The third-order valence-corrected chi connectivity index (χ3v) is 4.38. The summed E-state index contributed by atoms with van der Waals surface area (Å²) in [4.78, 5) is 14.0. The van der Waals surface area contributed by atoms with Crippen molar-refractivity contribution in [2.75, 3.05) is 20.2 Å². The van der Waals surface area contributed by atoms with Crippen LogP contribution in [0.2, 0.25) is 0 Å². The Bertz CT molecular complexity index is 485. The molecule has 1 fully saturated rings. The van der Waals surface area contributed by atoms with Gasteiger partial charge in [-0.05, 0) is 43.5 Å². The van der Waals surface area contributed by atoms with Gasteiger partial charge in [-0.25, -0.2) is 0 Å². The van der Waals surface area contributed by atoms with E-state index in [2.05, 4.69) is 17.9 Å². The van der Waals surface area contributed by atoms with Crippen LogP contribution >= 0.6 is 0 Å². The zero-order chi connectivity index (χ0) is 15.3. The van der Waals surface area contributed by atoms with Gasteiger partial charge in [-0.2, -0.15) is 0 Å². The number of nitrogens with zero attached hydrogens (tertiary/aromatic N) is 1. The molecule has 1 aromatic rings. The molecule has 4 nitrogen and oxygen atoms in total. The molecule has 0 radical (unpaired) electrons. The minimum absolute atomic E-state index is 0.564. The van der Waals surface area contributed by atoms with E-state index in [0.29, 0.717) is 6.54 Å². The first kappa shape index (κ1) is 15.8. The molecule has 0 aliphatic carbocycles. The van der Waals surface area contributed by atoms with Crippen molar-refractivity contribution in [3.63, 3.8) is 0 Å². The van der Waals surface area contributed by atoms with Crippen molar-refractivity contribution in [1.82, 2.24) is 4.90 Å². The van der Waals surface area contributed by atoms with Crippen molar-refractivity contribution in [3.8, 4) is 5.75 Å². The van der Waals surface area contributed by atoms with Crippen LogP contribution < -0.4 is 4.74 Å². The Morgan fingerprint density at radius 2 is 2.29 bits per heavy atom. The normalized spacial score (nSPS) is 23.0. The monoisotopic (exact) mass is 291 g/mol. The maximum Gasteiger partial charge on any atom is 0.310 e. The Balaban J connectivity index is 2.08. The van der Waals surface area contributed by atoms with E-state index in [1.54, 1.807) is 7.11 Å². The van der Waals surface area contributed by atoms with Crippen LogP contribution in [0.1, 0.15) is 38.2 Å². The lowest BCUT2D eigenvalue weighted by Crippen LogP contribution is -2.47. The average molecular weight is 291 g/mol. The highest BCUT2D eigenvalue weighted by Gasteiger charge is 2.41. The van der Waals surface area contributed by atoms with E-state index in [1.807, 2.05) is 18.2 Å². The van der Waals surface area contributed by atoms with Gasteiger partial charge in [-0.1, -0.05) is 25.5 Å². The molecule has 1 heterocycles. The number of carbonyl (C=O) groups is 1. The second-order valence-corrected chi connectivity index (χ2v) is 6.00. The number of rotatable bonds is 6. The summed E-state index contributed by atoms with van der Waals surface area (Å²) >= 11 is 0.